The molecule has 3 aromatic rings. The third-order valence-electron chi connectivity index (χ3n) is 4.37. The Morgan fingerprint density at radius 3 is 2.43 bits per heavy atom. The molecule has 5 nitrogen and oxygen atoms in total. The maximum atomic E-state index is 10.8. The fourth-order valence-corrected chi connectivity index (χ4v) is 2.76. The Hall–Kier alpha value is -3.91. The van der Waals surface area contributed by atoms with Gasteiger partial charge in [-0.2, -0.15) is 5.26 Å². The van der Waals surface area contributed by atoms with Gasteiger partial charge in [0.25, 0.3) is 5.69 Å². The van der Waals surface area contributed by atoms with E-state index in [1.807, 2.05) is 55.5 Å². The van der Waals surface area contributed by atoms with Gasteiger partial charge in [0.1, 0.15) is 12.4 Å². The lowest BCUT2D eigenvalue weighted by molar-refractivity contribution is -0.384. The smallest absolute Gasteiger partial charge is 0.269 e. The quantitative estimate of drug-likeness (QED) is 0.247. The topological polar surface area (TPSA) is 76.2 Å². The van der Waals surface area contributed by atoms with Gasteiger partial charge in [-0.25, -0.2) is 0 Å². The first kappa shape index (κ1) is 18.9. The van der Waals surface area contributed by atoms with Crippen molar-refractivity contribution in [3.8, 4) is 11.8 Å². The molecule has 0 unspecified atom stereocenters. The maximum Gasteiger partial charge on any atom is 0.269 e. The summed E-state index contributed by atoms with van der Waals surface area (Å²) >= 11 is 0. The molecule has 0 aliphatic carbocycles. The van der Waals surface area contributed by atoms with Crippen molar-refractivity contribution in [3.05, 3.63) is 105 Å². The van der Waals surface area contributed by atoms with Gasteiger partial charge in [-0.3, -0.25) is 10.1 Å². The molecule has 0 fully saturated rings. The van der Waals surface area contributed by atoms with Crippen LogP contribution in [0.2, 0.25) is 0 Å². The highest BCUT2D eigenvalue weighted by Crippen LogP contribution is 2.26. The normalized spacial score (nSPS) is 10.9. The minimum absolute atomic E-state index is 0.0111. The van der Waals surface area contributed by atoms with Gasteiger partial charge in [0.05, 0.1) is 16.6 Å². The summed E-state index contributed by atoms with van der Waals surface area (Å²) in [7, 11) is 0. The number of rotatable bonds is 6. The highest BCUT2D eigenvalue weighted by atomic mass is 16.6. The monoisotopic (exact) mass is 370 g/mol. The van der Waals surface area contributed by atoms with E-state index in [2.05, 4.69) is 6.07 Å². The number of nitro groups is 1. The lowest BCUT2D eigenvalue weighted by atomic mass is 10.0. The van der Waals surface area contributed by atoms with Crippen LogP contribution in [0.25, 0.3) is 11.6 Å². The SMILES string of the molecule is Cc1ccccc1COc1ccccc1C=C(C#N)c1ccc([N+](=O)[O-])cc1. The van der Waals surface area contributed by atoms with Crippen molar-refractivity contribution in [2.45, 2.75) is 13.5 Å². The molecule has 0 saturated heterocycles. The van der Waals surface area contributed by atoms with Crippen LogP contribution in [0.4, 0.5) is 5.69 Å². The summed E-state index contributed by atoms with van der Waals surface area (Å²) in [6.45, 7) is 2.46. The summed E-state index contributed by atoms with van der Waals surface area (Å²) in [4.78, 5) is 10.3. The van der Waals surface area contributed by atoms with E-state index in [1.54, 1.807) is 18.2 Å². The summed E-state index contributed by atoms with van der Waals surface area (Å²) in [5.74, 6) is 0.667. The molecular formula is C23H18N2O3. The number of nitro benzene ring substituents is 1. The fourth-order valence-electron chi connectivity index (χ4n) is 2.76. The molecule has 3 aromatic carbocycles. The number of hydrogen-bond donors (Lipinski definition) is 0. The van der Waals surface area contributed by atoms with E-state index in [0.717, 1.165) is 16.7 Å². The van der Waals surface area contributed by atoms with Crippen LogP contribution in [-0.4, -0.2) is 4.92 Å². The van der Waals surface area contributed by atoms with E-state index in [1.165, 1.54) is 12.1 Å². The molecule has 0 saturated carbocycles. The number of nitrogens with zero attached hydrogens (tertiary/aromatic N) is 2. The second kappa shape index (κ2) is 8.65. The lowest BCUT2D eigenvalue weighted by Gasteiger charge is -2.11. The van der Waals surface area contributed by atoms with Crippen LogP contribution in [-0.2, 0) is 6.61 Å². The number of nitriles is 1. The molecule has 0 aromatic heterocycles. The van der Waals surface area contributed by atoms with Crippen LogP contribution in [0.15, 0.2) is 72.8 Å². The zero-order valence-corrected chi connectivity index (χ0v) is 15.3. The Morgan fingerprint density at radius 2 is 1.75 bits per heavy atom. The Morgan fingerprint density at radius 1 is 1.07 bits per heavy atom. The van der Waals surface area contributed by atoms with Gasteiger partial charge in [-0.1, -0.05) is 42.5 Å². The fraction of sp³-hybridized carbons (Fsp3) is 0.0870. The van der Waals surface area contributed by atoms with Crippen LogP contribution >= 0.6 is 0 Å². The highest BCUT2D eigenvalue weighted by Gasteiger charge is 2.09. The zero-order valence-electron chi connectivity index (χ0n) is 15.3. The van der Waals surface area contributed by atoms with Gasteiger partial charge >= 0.3 is 0 Å². The van der Waals surface area contributed by atoms with Crippen molar-refractivity contribution in [3.63, 3.8) is 0 Å². The van der Waals surface area contributed by atoms with E-state index < -0.39 is 4.92 Å². The molecule has 3 rings (SSSR count). The average Bonchev–Trinajstić information content (AvgIpc) is 2.72. The molecule has 0 aliphatic heterocycles. The molecule has 0 amide bonds. The Balaban J connectivity index is 1.87. The van der Waals surface area contributed by atoms with Crippen molar-refractivity contribution >= 4 is 17.3 Å². The third-order valence-corrected chi connectivity index (χ3v) is 4.37. The van der Waals surface area contributed by atoms with Crippen molar-refractivity contribution in [2.24, 2.45) is 0 Å². The molecule has 138 valence electrons. The maximum absolute atomic E-state index is 10.8. The summed E-state index contributed by atoms with van der Waals surface area (Å²) < 4.78 is 5.99. The molecule has 28 heavy (non-hydrogen) atoms. The predicted octanol–water partition coefficient (Wildman–Crippen LogP) is 5.55. The van der Waals surface area contributed by atoms with Crippen LogP contribution in [0.1, 0.15) is 22.3 Å². The van der Waals surface area contributed by atoms with E-state index >= 15 is 0 Å². The van der Waals surface area contributed by atoms with Gasteiger partial charge in [-0.15, -0.1) is 0 Å². The summed E-state index contributed by atoms with van der Waals surface area (Å²) in [5, 5.41) is 20.4. The number of ether oxygens (including phenoxy) is 1. The molecule has 0 aliphatic rings. The molecule has 0 heterocycles. The van der Waals surface area contributed by atoms with Crippen LogP contribution in [0.3, 0.4) is 0 Å². The van der Waals surface area contributed by atoms with Crippen LogP contribution in [0, 0.1) is 28.4 Å². The Kier molecular flexibility index (Phi) is 5.83. The standard InChI is InChI=1S/C23H18N2O3/c1-17-6-2-3-8-20(17)16-28-23-9-5-4-7-19(23)14-21(15-24)18-10-12-22(13-11-18)25(26)27/h2-14H,16H2,1H3. The summed E-state index contributed by atoms with van der Waals surface area (Å²) in [6, 6.07) is 23.6. The number of non-ortho nitro benzene ring substituents is 1. The molecule has 0 spiro atoms. The van der Waals surface area contributed by atoms with Crippen LogP contribution < -0.4 is 4.74 Å². The van der Waals surface area contributed by atoms with Crippen molar-refractivity contribution in [1.29, 1.82) is 5.26 Å². The second-order valence-corrected chi connectivity index (χ2v) is 6.23. The van der Waals surface area contributed by atoms with E-state index in [-0.39, 0.29) is 5.69 Å². The molecule has 0 radical (unpaired) electrons. The minimum atomic E-state index is -0.464. The van der Waals surface area contributed by atoms with Gasteiger partial charge in [0.15, 0.2) is 0 Å². The number of para-hydroxylation sites is 1. The molecular weight excluding hydrogens is 352 g/mol. The highest BCUT2D eigenvalue weighted by molar-refractivity contribution is 5.90. The minimum Gasteiger partial charge on any atom is -0.488 e. The zero-order chi connectivity index (χ0) is 19.9. The van der Waals surface area contributed by atoms with E-state index in [0.29, 0.717) is 23.5 Å². The Labute approximate surface area is 163 Å². The summed E-state index contributed by atoms with van der Waals surface area (Å²) in [5.41, 5.74) is 4.02. The first-order chi connectivity index (χ1) is 13.6. The van der Waals surface area contributed by atoms with Crippen LogP contribution in [0.5, 0.6) is 5.75 Å². The van der Waals surface area contributed by atoms with Gasteiger partial charge in [-0.05, 0) is 47.9 Å². The van der Waals surface area contributed by atoms with E-state index in [9.17, 15) is 15.4 Å². The van der Waals surface area contributed by atoms with Gasteiger partial charge in [0, 0.05) is 17.7 Å². The Bertz CT molecular complexity index is 1060. The lowest BCUT2D eigenvalue weighted by Crippen LogP contribution is -1.99. The first-order valence-electron chi connectivity index (χ1n) is 8.71. The molecule has 0 atom stereocenters. The average molecular weight is 370 g/mol. The molecule has 5 heteroatoms. The predicted molar refractivity (Wildman–Crippen MR) is 109 cm³/mol. The molecule has 0 N–H and O–H groups in total. The van der Waals surface area contributed by atoms with Crippen molar-refractivity contribution in [1.82, 2.24) is 0 Å². The van der Waals surface area contributed by atoms with Crippen molar-refractivity contribution < 1.29 is 9.66 Å². The first-order valence-corrected chi connectivity index (χ1v) is 8.71. The van der Waals surface area contributed by atoms with Gasteiger partial charge < -0.3 is 4.74 Å². The largest absolute Gasteiger partial charge is 0.488 e. The number of aryl methyl sites for hydroxylation is 1. The molecule has 0 bridgehead atoms. The third kappa shape index (κ3) is 4.43. The van der Waals surface area contributed by atoms with Gasteiger partial charge in [0.2, 0.25) is 0 Å². The number of allylic oxidation sites excluding steroid dienone is 1. The van der Waals surface area contributed by atoms with E-state index in [4.69, 9.17) is 4.74 Å². The number of benzene rings is 3. The summed E-state index contributed by atoms with van der Waals surface area (Å²) in [6.07, 6.45) is 1.73. The second-order valence-electron chi connectivity index (χ2n) is 6.23. The van der Waals surface area contributed by atoms with Crippen molar-refractivity contribution in [2.75, 3.05) is 0 Å². The number of hydrogen-bond acceptors (Lipinski definition) is 4.